The van der Waals surface area contributed by atoms with Crippen molar-refractivity contribution in [2.45, 2.75) is 77.2 Å². The lowest BCUT2D eigenvalue weighted by molar-refractivity contribution is 0.112. The molecule has 0 aliphatic carbocycles. The van der Waals surface area contributed by atoms with Crippen LogP contribution in [-0.2, 0) is 0 Å². The topological polar surface area (TPSA) is 66.5 Å². The maximum atomic E-state index is 9.10. The van der Waals surface area contributed by atoms with E-state index in [9.17, 15) is 0 Å². The van der Waals surface area contributed by atoms with Crippen molar-refractivity contribution in [3.05, 3.63) is 0 Å². The summed E-state index contributed by atoms with van der Waals surface area (Å²) in [7, 11) is 0. The molecule has 24 heavy (non-hydrogen) atoms. The van der Waals surface area contributed by atoms with Crippen LogP contribution in [0.1, 0.15) is 71.6 Å². The molecule has 0 aliphatic heterocycles. The van der Waals surface area contributed by atoms with Gasteiger partial charge in [0.1, 0.15) is 0 Å². The smallest absolute Gasteiger partial charge is 0.0633 e. The lowest BCUT2D eigenvalue weighted by atomic mass is 9.95. The van der Waals surface area contributed by atoms with Crippen molar-refractivity contribution < 1.29 is 10.2 Å². The maximum absolute atomic E-state index is 9.10. The van der Waals surface area contributed by atoms with E-state index in [1.165, 1.54) is 55.1 Å². The highest BCUT2D eigenvalue weighted by atomic mass is 32.2. The van der Waals surface area contributed by atoms with Gasteiger partial charge in [0.25, 0.3) is 0 Å². The van der Waals surface area contributed by atoms with Crippen LogP contribution in [0.4, 0.5) is 0 Å². The van der Waals surface area contributed by atoms with Crippen LogP contribution in [-0.4, -0.2) is 51.3 Å². The second-order valence-corrected chi connectivity index (χ2v) is 8.94. The molecule has 0 bridgehead atoms. The molecule has 0 radical (unpaired) electrons. The van der Waals surface area contributed by atoms with Gasteiger partial charge in [0.05, 0.1) is 18.8 Å². The van der Waals surface area contributed by atoms with Gasteiger partial charge in [-0.3, -0.25) is 0 Å². The van der Waals surface area contributed by atoms with Crippen LogP contribution in [0.2, 0.25) is 0 Å². The molecule has 6 heteroatoms. The molecule has 0 unspecified atom stereocenters. The molecule has 3 nitrogen and oxygen atoms in total. The maximum Gasteiger partial charge on any atom is 0.0633 e. The first-order chi connectivity index (χ1) is 11.7. The average Bonchev–Trinajstić information content (AvgIpc) is 2.63. The standard InChI is InChI=1S/C16H35NO2S3.C2H6/c17-16(13-18,14-19)9-6-4-2-1-3-5-7-11-21-15-22-12-8-10-20;1-2/h18-20H,1-15,17H2;1-2H3. The summed E-state index contributed by atoms with van der Waals surface area (Å²) in [4.78, 5) is 0. The summed E-state index contributed by atoms with van der Waals surface area (Å²) in [5, 5.41) is 19.4. The average molecular weight is 400 g/mol. The van der Waals surface area contributed by atoms with Gasteiger partial charge in [-0.15, -0.1) is 0 Å². The minimum atomic E-state index is -0.776. The summed E-state index contributed by atoms with van der Waals surface area (Å²) in [5.74, 6) is 3.54. The fourth-order valence-corrected chi connectivity index (χ4v) is 4.66. The van der Waals surface area contributed by atoms with Crippen molar-refractivity contribution in [2.24, 2.45) is 5.73 Å². The second-order valence-electron chi connectivity index (χ2n) is 5.91. The third-order valence-corrected chi connectivity index (χ3v) is 6.51. The van der Waals surface area contributed by atoms with E-state index < -0.39 is 5.54 Å². The molecule has 0 fully saturated rings. The monoisotopic (exact) mass is 399 g/mol. The molecule has 0 aliphatic rings. The number of unbranched alkanes of at least 4 members (excludes halogenated alkanes) is 6. The Labute approximate surface area is 164 Å². The van der Waals surface area contributed by atoms with Crippen molar-refractivity contribution in [3.63, 3.8) is 0 Å². The normalized spacial score (nSPS) is 11.2. The highest BCUT2D eigenvalue weighted by Crippen LogP contribution is 2.17. The first-order valence-corrected chi connectivity index (χ1v) is 12.4. The van der Waals surface area contributed by atoms with Crippen molar-refractivity contribution in [1.82, 2.24) is 0 Å². The lowest BCUT2D eigenvalue weighted by Gasteiger charge is -2.24. The van der Waals surface area contributed by atoms with Gasteiger partial charge in [0, 0.05) is 5.08 Å². The molecule has 0 aromatic rings. The van der Waals surface area contributed by atoms with Crippen LogP contribution in [0.25, 0.3) is 0 Å². The third-order valence-electron chi connectivity index (χ3n) is 3.71. The minimum Gasteiger partial charge on any atom is -0.394 e. The third kappa shape index (κ3) is 19.3. The largest absolute Gasteiger partial charge is 0.394 e. The van der Waals surface area contributed by atoms with Crippen molar-refractivity contribution in [1.29, 1.82) is 0 Å². The number of thiol groups is 1. The van der Waals surface area contributed by atoms with Gasteiger partial charge in [-0.1, -0.05) is 52.4 Å². The SMILES string of the molecule is CC.NC(CO)(CO)CCCCCCCCCSCSCCCS. The van der Waals surface area contributed by atoms with E-state index in [1.54, 1.807) is 0 Å². The Hall–Kier alpha value is 0.930. The fourth-order valence-electron chi connectivity index (χ4n) is 2.12. The summed E-state index contributed by atoms with van der Waals surface area (Å²) in [6.45, 7) is 3.74. The number of nitrogens with two attached hydrogens (primary N) is 1. The highest BCUT2D eigenvalue weighted by Gasteiger charge is 2.21. The zero-order valence-corrected chi connectivity index (χ0v) is 18.4. The highest BCUT2D eigenvalue weighted by molar-refractivity contribution is 8.15. The molecule has 0 aromatic heterocycles. The number of aliphatic hydroxyl groups excluding tert-OH is 2. The molecule has 0 saturated heterocycles. The predicted octanol–water partition coefficient (Wildman–Crippen LogP) is 4.56. The van der Waals surface area contributed by atoms with Crippen LogP contribution < -0.4 is 5.73 Å². The zero-order chi connectivity index (χ0) is 18.5. The number of hydrogen-bond donors (Lipinski definition) is 4. The van der Waals surface area contributed by atoms with Crippen molar-refractivity contribution in [2.75, 3.05) is 35.6 Å². The van der Waals surface area contributed by atoms with E-state index in [0.29, 0.717) is 6.42 Å². The van der Waals surface area contributed by atoms with E-state index in [-0.39, 0.29) is 13.2 Å². The zero-order valence-electron chi connectivity index (χ0n) is 15.8. The molecular weight excluding hydrogens is 358 g/mol. The van der Waals surface area contributed by atoms with Crippen LogP contribution in [0, 0.1) is 0 Å². The molecule has 0 spiro atoms. The molecule has 0 rings (SSSR count). The molecule has 0 heterocycles. The van der Waals surface area contributed by atoms with Crippen LogP contribution in [0.3, 0.4) is 0 Å². The fraction of sp³-hybridized carbons (Fsp3) is 1.00. The number of hydrogen-bond acceptors (Lipinski definition) is 6. The molecule has 4 N–H and O–H groups in total. The number of rotatable bonds is 17. The van der Waals surface area contributed by atoms with Gasteiger partial charge in [0.2, 0.25) is 0 Å². The summed E-state index contributed by atoms with van der Waals surface area (Å²) in [6, 6.07) is 0. The van der Waals surface area contributed by atoms with Gasteiger partial charge < -0.3 is 15.9 Å². The molecule has 0 amide bonds. The molecule has 0 saturated carbocycles. The Kier molecular flexibility index (Phi) is 24.9. The van der Waals surface area contributed by atoms with Crippen molar-refractivity contribution in [3.8, 4) is 0 Å². The summed E-state index contributed by atoms with van der Waals surface area (Å²) in [5.41, 5.74) is 5.06. The number of thioether (sulfide) groups is 2. The van der Waals surface area contributed by atoms with Gasteiger partial charge in [-0.05, 0) is 36.5 Å². The lowest BCUT2D eigenvalue weighted by Crippen LogP contribution is -2.47. The Balaban J connectivity index is 0. The van der Waals surface area contributed by atoms with E-state index in [2.05, 4.69) is 24.4 Å². The van der Waals surface area contributed by atoms with E-state index in [0.717, 1.165) is 18.6 Å². The molecule has 0 aromatic carbocycles. The van der Waals surface area contributed by atoms with Crippen LogP contribution >= 0.6 is 36.2 Å². The van der Waals surface area contributed by atoms with Gasteiger partial charge in [-0.25, -0.2) is 0 Å². The van der Waals surface area contributed by atoms with E-state index in [1.807, 2.05) is 25.6 Å². The Morgan fingerprint density at radius 2 is 1.25 bits per heavy atom. The molecular formula is C18H41NO2S3. The Bertz CT molecular complexity index is 230. The summed E-state index contributed by atoms with van der Waals surface area (Å²) >= 11 is 8.30. The predicted molar refractivity (Wildman–Crippen MR) is 118 cm³/mol. The van der Waals surface area contributed by atoms with Gasteiger partial charge >= 0.3 is 0 Å². The quantitative estimate of drug-likeness (QED) is 0.164. The second kappa shape index (κ2) is 22.0. The van der Waals surface area contributed by atoms with Gasteiger partial charge in [0.15, 0.2) is 0 Å². The van der Waals surface area contributed by atoms with E-state index in [4.69, 9.17) is 15.9 Å². The molecule has 0 atom stereocenters. The van der Waals surface area contributed by atoms with Crippen molar-refractivity contribution >= 4 is 36.2 Å². The Morgan fingerprint density at radius 1 is 0.792 bits per heavy atom. The first kappa shape index (κ1) is 27.2. The Morgan fingerprint density at radius 3 is 1.75 bits per heavy atom. The number of aliphatic hydroxyl groups is 2. The van der Waals surface area contributed by atoms with Gasteiger partial charge in [-0.2, -0.15) is 36.2 Å². The first-order valence-electron chi connectivity index (χ1n) is 9.45. The summed E-state index contributed by atoms with van der Waals surface area (Å²) in [6.07, 6.45) is 10.6. The summed E-state index contributed by atoms with van der Waals surface area (Å²) < 4.78 is 0. The van der Waals surface area contributed by atoms with E-state index >= 15 is 0 Å². The van der Waals surface area contributed by atoms with Crippen LogP contribution in [0.15, 0.2) is 0 Å². The molecule has 148 valence electrons. The van der Waals surface area contributed by atoms with Crippen LogP contribution in [0.5, 0.6) is 0 Å². The minimum absolute atomic E-state index is 0.131.